The predicted molar refractivity (Wildman–Crippen MR) is 104 cm³/mol. The third-order valence-electron chi connectivity index (χ3n) is 4.91. The van der Waals surface area contributed by atoms with E-state index in [0.29, 0.717) is 5.25 Å². The van der Waals surface area contributed by atoms with Crippen LogP contribution in [0.25, 0.3) is 5.69 Å². The molecule has 0 unspecified atom stereocenters. The number of pyridine rings is 2. The summed E-state index contributed by atoms with van der Waals surface area (Å²) in [6.07, 6.45) is 7.64. The lowest BCUT2D eigenvalue weighted by Crippen LogP contribution is -2.30. The summed E-state index contributed by atoms with van der Waals surface area (Å²) in [5.41, 5.74) is 3.38. The highest BCUT2D eigenvalue weighted by Crippen LogP contribution is 2.47. The van der Waals surface area contributed by atoms with Crippen LogP contribution in [0.2, 0.25) is 0 Å². The van der Waals surface area contributed by atoms with Crippen molar-refractivity contribution in [2.75, 3.05) is 6.54 Å². The number of aliphatic imine (C=N–C) groups is 1. The van der Waals surface area contributed by atoms with Crippen molar-refractivity contribution in [3.8, 4) is 5.69 Å². The molecule has 130 valence electrons. The molecule has 0 N–H and O–H groups in total. The molecule has 1 fully saturated rings. The third kappa shape index (κ3) is 2.52. The number of thioether (sulfide) groups is 1. The average molecular weight is 361 g/mol. The first kappa shape index (κ1) is 15.6. The normalized spacial score (nSPS) is 24.6. The van der Waals surface area contributed by atoms with Gasteiger partial charge in [0.1, 0.15) is 6.04 Å². The van der Waals surface area contributed by atoms with E-state index >= 15 is 0 Å². The molecule has 2 aliphatic heterocycles. The van der Waals surface area contributed by atoms with Gasteiger partial charge in [0.2, 0.25) is 0 Å². The minimum Gasteiger partial charge on any atom is -0.339 e. The molecule has 0 radical (unpaired) electrons. The van der Waals surface area contributed by atoms with Crippen LogP contribution >= 0.6 is 11.8 Å². The van der Waals surface area contributed by atoms with E-state index in [-0.39, 0.29) is 12.1 Å². The molecule has 26 heavy (non-hydrogen) atoms. The Labute approximate surface area is 156 Å². The van der Waals surface area contributed by atoms with Crippen LogP contribution in [0, 0.1) is 0 Å². The Bertz CT molecular complexity index is 937. The highest BCUT2D eigenvalue weighted by Gasteiger charge is 2.44. The van der Waals surface area contributed by atoms with Crippen LogP contribution in [0.1, 0.15) is 30.4 Å². The van der Waals surface area contributed by atoms with Gasteiger partial charge in [-0.1, -0.05) is 24.8 Å². The summed E-state index contributed by atoms with van der Waals surface area (Å²) < 4.78 is 2.24. The van der Waals surface area contributed by atoms with Gasteiger partial charge in [-0.15, -0.1) is 0 Å². The first-order valence-electron chi connectivity index (χ1n) is 8.81. The quantitative estimate of drug-likeness (QED) is 0.711. The fourth-order valence-corrected chi connectivity index (χ4v) is 4.91. The van der Waals surface area contributed by atoms with E-state index in [4.69, 9.17) is 4.99 Å². The van der Waals surface area contributed by atoms with Crippen LogP contribution in [-0.4, -0.2) is 36.4 Å². The maximum absolute atomic E-state index is 5.06. The lowest BCUT2D eigenvalue weighted by atomic mass is 10.0. The molecule has 0 saturated carbocycles. The summed E-state index contributed by atoms with van der Waals surface area (Å²) >= 11 is 1.87. The van der Waals surface area contributed by atoms with E-state index in [1.807, 2.05) is 54.6 Å². The fourth-order valence-electron chi connectivity index (χ4n) is 3.81. The van der Waals surface area contributed by atoms with Gasteiger partial charge in [0, 0.05) is 48.0 Å². The van der Waals surface area contributed by atoms with Crippen molar-refractivity contribution in [1.29, 1.82) is 0 Å². The van der Waals surface area contributed by atoms with Gasteiger partial charge in [0.05, 0.1) is 11.7 Å². The molecule has 2 aliphatic rings. The van der Waals surface area contributed by atoms with Crippen LogP contribution in [-0.2, 0) is 0 Å². The van der Waals surface area contributed by atoms with Crippen molar-refractivity contribution in [1.82, 2.24) is 19.4 Å². The molecule has 3 atom stereocenters. The Morgan fingerprint density at radius 1 is 1.04 bits per heavy atom. The molecule has 5 nitrogen and oxygen atoms in total. The maximum atomic E-state index is 5.06. The molecule has 5 heterocycles. The molecular formula is C20H19N5S. The van der Waals surface area contributed by atoms with E-state index in [1.54, 1.807) is 0 Å². The van der Waals surface area contributed by atoms with E-state index in [9.17, 15) is 0 Å². The Morgan fingerprint density at radius 2 is 1.92 bits per heavy atom. The van der Waals surface area contributed by atoms with Gasteiger partial charge >= 0.3 is 0 Å². The van der Waals surface area contributed by atoms with Crippen LogP contribution in [0.15, 0.2) is 72.2 Å². The monoisotopic (exact) mass is 361 g/mol. The van der Waals surface area contributed by atoms with E-state index < -0.39 is 0 Å². The fraction of sp³-hybridized carbons (Fsp3) is 0.250. The summed E-state index contributed by atoms with van der Waals surface area (Å²) in [6, 6.07) is 14.6. The topological polar surface area (TPSA) is 46.3 Å². The van der Waals surface area contributed by atoms with Crippen molar-refractivity contribution < 1.29 is 0 Å². The standard InChI is InChI=1S/C20H19N5S/c1-14-13-25-19(17-6-4-12-24(17)15-7-10-21-11-8-15)18(23-20(25)26-14)16-5-2-3-9-22-16/h2-12,14,18-19H,13H2,1H3/t14-,18+,19+/m1/s1. The summed E-state index contributed by atoms with van der Waals surface area (Å²) in [7, 11) is 0. The number of nitrogens with zero attached hydrogens (tertiary/aromatic N) is 5. The van der Waals surface area contributed by atoms with Crippen LogP contribution in [0.3, 0.4) is 0 Å². The van der Waals surface area contributed by atoms with Crippen LogP contribution in [0.5, 0.6) is 0 Å². The van der Waals surface area contributed by atoms with Gasteiger partial charge < -0.3 is 9.47 Å². The molecule has 1 saturated heterocycles. The number of rotatable bonds is 3. The molecule has 6 heteroatoms. The van der Waals surface area contributed by atoms with Crippen molar-refractivity contribution in [2.45, 2.75) is 24.3 Å². The summed E-state index contributed by atoms with van der Waals surface area (Å²) in [4.78, 5) is 16.3. The molecule has 0 amide bonds. The van der Waals surface area contributed by atoms with Crippen molar-refractivity contribution >= 4 is 16.9 Å². The molecule has 0 aliphatic carbocycles. The van der Waals surface area contributed by atoms with Gasteiger partial charge in [-0.3, -0.25) is 15.0 Å². The van der Waals surface area contributed by atoms with E-state index in [2.05, 4.69) is 50.8 Å². The average Bonchev–Trinajstić information content (AvgIpc) is 3.37. The van der Waals surface area contributed by atoms with Gasteiger partial charge in [-0.2, -0.15) is 0 Å². The van der Waals surface area contributed by atoms with Gasteiger partial charge in [-0.25, -0.2) is 0 Å². The number of fused-ring (bicyclic) bond motifs is 1. The zero-order valence-electron chi connectivity index (χ0n) is 14.4. The van der Waals surface area contributed by atoms with Crippen LogP contribution < -0.4 is 0 Å². The van der Waals surface area contributed by atoms with E-state index in [1.165, 1.54) is 5.69 Å². The van der Waals surface area contributed by atoms with Crippen molar-refractivity contribution in [3.63, 3.8) is 0 Å². The van der Waals surface area contributed by atoms with Crippen LogP contribution in [0.4, 0.5) is 0 Å². The number of hydrogen-bond donors (Lipinski definition) is 0. The third-order valence-corrected chi connectivity index (χ3v) is 6.01. The number of hydrogen-bond acceptors (Lipinski definition) is 5. The Kier molecular flexibility index (Phi) is 3.78. The minimum atomic E-state index is 0.0155. The van der Waals surface area contributed by atoms with Crippen molar-refractivity contribution in [2.24, 2.45) is 4.99 Å². The molecule has 3 aromatic rings. The Hall–Kier alpha value is -2.60. The second kappa shape index (κ2) is 6.29. The molecule has 0 spiro atoms. The maximum Gasteiger partial charge on any atom is 0.160 e. The first-order valence-corrected chi connectivity index (χ1v) is 9.69. The lowest BCUT2D eigenvalue weighted by Gasteiger charge is -2.28. The molecule has 3 aromatic heterocycles. The van der Waals surface area contributed by atoms with Gasteiger partial charge in [0.15, 0.2) is 5.17 Å². The highest BCUT2D eigenvalue weighted by molar-refractivity contribution is 8.14. The summed E-state index contributed by atoms with van der Waals surface area (Å²) in [5.74, 6) is 0. The molecule has 5 rings (SSSR count). The molecular weight excluding hydrogens is 342 g/mol. The number of aromatic nitrogens is 3. The van der Waals surface area contributed by atoms with Crippen molar-refractivity contribution in [3.05, 3.63) is 78.6 Å². The minimum absolute atomic E-state index is 0.0155. The summed E-state index contributed by atoms with van der Waals surface area (Å²) in [5, 5.41) is 1.70. The first-order chi connectivity index (χ1) is 12.8. The Morgan fingerprint density at radius 3 is 2.73 bits per heavy atom. The smallest absolute Gasteiger partial charge is 0.160 e. The second-order valence-electron chi connectivity index (χ2n) is 6.65. The zero-order chi connectivity index (χ0) is 17.5. The SMILES string of the molecule is C[C@@H]1CN2C(=N[C@@H](c3ccccn3)[C@@H]2c2cccn2-c2ccncc2)S1. The molecule has 0 aromatic carbocycles. The summed E-state index contributed by atoms with van der Waals surface area (Å²) in [6.45, 7) is 3.28. The largest absolute Gasteiger partial charge is 0.339 e. The van der Waals surface area contributed by atoms with E-state index in [0.717, 1.165) is 23.1 Å². The van der Waals surface area contributed by atoms with Gasteiger partial charge in [0.25, 0.3) is 0 Å². The number of amidine groups is 1. The van der Waals surface area contributed by atoms with Gasteiger partial charge in [-0.05, 0) is 36.4 Å². The second-order valence-corrected chi connectivity index (χ2v) is 8.05. The molecule has 0 bridgehead atoms. The lowest BCUT2D eigenvalue weighted by molar-refractivity contribution is 0.312. The zero-order valence-corrected chi connectivity index (χ0v) is 15.3. The predicted octanol–water partition coefficient (Wildman–Crippen LogP) is 3.86. The Balaban J connectivity index is 1.62. The highest BCUT2D eigenvalue weighted by atomic mass is 32.2.